The summed E-state index contributed by atoms with van der Waals surface area (Å²) in [5.41, 5.74) is 2.60. The molecule has 3 rings (SSSR count). The lowest BCUT2D eigenvalue weighted by Gasteiger charge is -2.42. The molecule has 0 bridgehead atoms. The first-order valence-corrected chi connectivity index (χ1v) is 42.6. The summed E-state index contributed by atoms with van der Waals surface area (Å²) in [7, 11) is -2.32. The zero-order valence-corrected chi connectivity index (χ0v) is 63.9. The predicted molar refractivity (Wildman–Crippen MR) is 403 cm³/mol. The van der Waals surface area contributed by atoms with Crippen LogP contribution in [0.1, 0.15) is 407 Å². The Labute approximate surface area is 580 Å². The molecule has 542 valence electrons. The van der Waals surface area contributed by atoms with Crippen molar-refractivity contribution in [2.45, 2.75) is 394 Å². The molecule has 10 nitrogen and oxygen atoms in total. The van der Waals surface area contributed by atoms with Crippen LogP contribution in [0, 0.1) is 0 Å². The third kappa shape index (κ3) is 36.3. The second-order valence-corrected chi connectivity index (χ2v) is 35.1. The van der Waals surface area contributed by atoms with Gasteiger partial charge in [0.1, 0.15) is 0 Å². The molecule has 0 aromatic heterocycles. The number of benzene rings is 2. The van der Waals surface area contributed by atoms with E-state index in [4.69, 9.17) is 18.6 Å². The van der Waals surface area contributed by atoms with E-state index in [2.05, 4.69) is 62.3 Å². The Bertz CT molecular complexity index is 2110. The van der Waals surface area contributed by atoms with Crippen LogP contribution < -0.4 is 14.2 Å². The SMILES string of the molecule is CCCCCCCCCCCCCCCCCCOc1cc(C(=O)N2CCN(C(=O)c3ccc(C(=O)O)c(CO[Si](C(C)C)(C(C)C)C(C)C)c3)CC2)cc(OCCCCCCCCCCCCCCCCCC)c1OCCCCCCCCCCCCCCCCCC. The Balaban J connectivity index is 1.71. The molecule has 1 aliphatic heterocycles. The third-order valence-corrected chi connectivity index (χ3v) is 26.7. The van der Waals surface area contributed by atoms with Gasteiger partial charge in [-0.2, -0.15) is 0 Å². The standard InChI is InChI=1S/C83H148N2O8Si/c1-10-13-16-19-22-25-28-31-34-37-40-43-46-49-52-55-64-90-78-68-75(82(87)85-62-60-84(61-63-85)81(86)74-58-59-77(83(88)89)76(67-74)70-93-94(71(4)5,72(6)7)73(8)9)69-79(91-65-56-53-50-47-44-41-38-35-32-29-26-23-20-17-14-11-2)80(78)92-66-57-54-51-48-45-42-39-36-33-30-27-24-21-18-15-12-3/h58-59,67-69,71-73H,10-57,60-66,70H2,1-9H3,(H,88,89). The minimum Gasteiger partial charge on any atom is -0.490 e. The van der Waals surface area contributed by atoms with Crippen LogP contribution in [0.4, 0.5) is 0 Å². The lowest BCUT2D eigenvalue weighted by molar-refractivity contribution is 0.0534. The second kappa shape index (κ2) is 55.3. The highest BCUT2D eigenvalue weighted by Crippen LogP contribution is 2.44. The minimum absolute atomic E-state index is 0.116. The molecule has 1 saturated heterocycles. The topological polar surface area (TPSA) is 115 Å². The van der Waals surface area contributed by atoms with E-state index in [1.807, 2.05) is 17.0 Å². The van der Waals surface area contributed by atoms with Crippen molar-refractivity contribution < 1.29 is 38.1 Å². The number of rotatable bonds is 63. The molecule has 11 heteroatoms. The number of amides is 2. The first kappa shape index (κ1) is 84.7. The predicted octanol–water partition coefficient (Wildman–Crippen LogP) is 25.6. The van der Waals surface area contributed by atoms with Crippen molar-refractivity contribution in [3.63, 3.8) is 0 Å². The molecule has 0 atom stereocenters. The number of aromatic carboxylic acids is 1. The second-order valence-electron chi connectivity index (χ2n) is 29.6. The van der Waals surface area contributed by atoms with E-state index < -0.39 is 14.3 Å². The van der Waals surface area contributed by atoms with Crippen LogP contribution in [0.15, 0.2) is 30.3 Å². The number of ether oxygens (including phenoxy) is 3. The Morgan fingerprint density at radius 3 is 0.915 bits per heavy atom. The van der Waals surface area contributed by atoms with E-state index in [-0.39, 0.29) is 24.0 Å². The molecule has 0 aliphatic carbocycles. The van der Waals surface area contributed by atoms with E-state index in [1.165, 1.54) is 270 Å². The third-order valence-electron chi connectivity index (χ3n) is 20.6. The van der Waals surface area contributed by atoms with Crippen LogP contribution in [-0.4, -0.2) is 87.0 Å². The number of carbonyl (C=O) groups excluding carboxylic acids is 2. The van der Waals surface area contributed by atoms with Gasteiger partial charge in [0.25, 0.3) is 11.8 Å². The maximum absolute atomic E-state index is 14.8. The number of carbonyl (C=O) groups is 3. The molecule has 1 heterocycles. The van der Waals surface area contributed by atoms with Gasteiger partial charge in [-0.05, 0) is 71.8 Å². The van der Waals surface area contributed by atoms with Gasteiger partial charge in [-0.3, -0.25) is 9.59 Å². The molecular formula is C83H148N2O8Si. The van der Waals surface area contributed by atoms with Crippen molar-refractivity contribution in [1.29, 1.82) is 0 Å². The Hall–Kier alpha value is -3.57. The number of piperazine rings is 1. The quantitative estimate of drug-likeness (QED) is 0.0514. The average molecular weight is 1330 g/mol. The molecule has 1 aliphatic rings. The van der Waals surface area contributed by atoms with Crippen LogP contribution in [0.3, 0.4) is 0 Å². The number of carboxylic acids is 1. The molecular weight excluding hydrogens is 1180 g/mol. The molecule has 2 aromatic rings. The largest absolute Gasteiger partial charge is 0.490 e. The smallest absolute Gasteiger partial charge is 0.336 e. The number of carboxylic acid groups (broad SMARTS) is 1. The van der Waals surface area contributed by atoms with Crippen LogP contribution >= 0.6 is 0 Å². The molecule has 2 amide bonds. The molecule has 0 unspecified atom stereocenters. The minimum atomic E-state index is -2.32. The van der Waals surface area contributed by atoms with Crippen molar-refractivity contribution in [1.82, 2.24) is 9.80 Å². The normalized spacial score (nSPS) is 12.9. The average Bonchev–Trinajstić information content (AvgIpc) is 0.811. The van der Waals surface area contributed by atoms with Crippen molar-refractivity contribution in [3.05, 3.63) is 52.6 Å². The number of nitrogens with zero attached hydrogens (tertiary/aromatic N) is 2. The first-order valence-electron chi connectivity index (χ1n) is 40.5. The molecule has 0 spiro atoms. The van der Waals surface area contributed by atoms with Gasteiger partial charge in [-0.15, -0.1) is 0 Å². The zero-order chi connectivity index (χ0) is 68.1. The van der Waals surface area contributed by atoms with Crippen LogP contribution in [0.5, 0.6) is 17.2 Å². The summed E-state index contributed by atoms with van der Waals surface area (Å²) in [5.74, 6) is 0.455. The molecule has 1 fully saturated rings. The summed E-state index contributed by atoms with van der Waals surface area (Å²) in [4.78, 5) is 45.2. The lowest BCUT2D eigenvalue weighted by atomic mass is 10.0. The van der Waals surface area contributed by atoms with E-state index in [9.17, 15) is 19.5 Å². The fourth-order valence-electron chi connectivity index (χ4n) is 14.8. The first-order chi connectivity index (χ1) is 45.8. The van der Waals surface area contributed by atoms with Crippen molar-refractivity contribution in [2.24, 2.45) is 0 Å². The Morgan fingerprint density at radius 1 is 0.372 bits per heavy atom. The number of hydrogen-bond donors (Lipinski definition) is 1. The van der Waals surface area contributed by atoms with Crippen LogP contribution in [0.2, 0.25) is 16.6 Å². The van der Waals surface area contributed by atoms with Crippen LogP contribution in [0.25, 0.3) is 0 Å². The summed E-state index contributed by atoms with van der Waals surface area (Å²) < 4.78 is 27.1. The van der Waals surface area contributed by atoms with Crippen molar-refractivity contribution in [3.8, 4) is 17.2 Å². The van der Waals surface area contributed by atoms with E-state index in [0.717, 1.165) is 38.5 Å². The Kier molecular flexibility index (Phi) is 49.8. The highest BCUT2D eigenvalue weighted by atomic mass is 28.4. The lowest BCUT2D eigenvalue weighted by Crippen LogP contribution is -2.50. The maximum atomic E-state index is 14.8. The zero-order valence-electron chi connectivity index (χ0n) is 62.9. The molecule has 2 aromatic carbocycles. The molecule has 94 heavy (non-hydrogen) atoms. The maximum Gasteiger partial charge on any atom is 0.336 e. The van der Waals surface area contributed by atoms with Gasteiger partial charge in [0, 0.05) is 37.3 Å². The van der Waals surface area contributed by atoms with E-state index in [0.29, 0.717) is 96.6 Å². The summed E-state index contributed by atoms with van der Waals surface area (Å²) in [6.45, 7) is 23.4. The summed E-state index contributed by atoms with van der Waals surface area (Å²) in [6.07, 6.45) is 63.0. The van der Waals surface area contributed by atoms with Gasteiger partial charge in [0.15, 0.2) is 11.5 Å². The fraction of sp³-hybridized carbons (Fsp3) is 0.819. The van der Waals surface area contributed by atoms with Gasteiger partial charge in [-0.25, -0.2) is 4.79 Å². The Morgan fingerprint density at radius 2 is 0.638 bits per heavy atom. The van der Waals surface area contributed by atoms with Crippen LogP contribution in [-0.2, 0) is 11.0 Å². The van der Waals surface area contributed by atoms with Gasteiger partial charge in [0.2, 0.25) is 14.1 Å². The number of unbranched alkanes of at least 4 members (excludes halogenated alkanes) is 45. The summed E-state index contributed by atoms with van der Waals surface area (Å²) in [6, 6.07) is 8.67. The van der Waals surface area contributed by atoms with Gasteiger partial charge >= 0.3 is 5.97 Å². The molecule has 1 N–H and O–H groups in total. The highest BCUT2D eigenvalue weighted by Gasteiger charge is 2.45. The molecule has 0 radical (unpaired) electrons. The van der Waals surface area contributed by atoms with E-state index >= 15 is 0 Å². The van der Waals surface area contributed by atoms with Crippen molar-refractivity contribution >= 4 is 26.1 Å². The van der Waals surface area contributed by atoms with E-state index in [1.54, 1.807) is 23.1 Å². The fourth-order valence-corrected chi connectivity index (χ4v) is 20.2. The van der Waals surface area contributed by atoms with Crippen molar-refractivity contribution in [2.75, 3.05) is 46.0 Å². The van der Waals surface area contributed by atoms with Gasteiger partial charge in [-0.1, -0.05) is 351 Å². The highest BCUT2D eigenvalue weighted by molar-refractivity contribution is 6.77. The summed E-state index contributed by atoms with van der Waals surface area (Å²) >= 11 is 0. The van der Waals surface area contributed by atoms with Gasteiger partial charge in [0.05, 0.1) is 32.0 Å². The number of hydrogen-bond acceptors (Lipinski definition) is 7. The monoisotopic (exact) mass is 1330 g/mol. The summed E-state index contributed by atoms with van der Waals surface area (Å²) in [5, 5.41) is 10.2. The van der Waals surface area contributed by atoms with Gasteiger partial charge < -0.3 is 33.5 Å². The molecule has 0 saturated carbocycles.